The third kappa shape index (κ3) is 2.65. The van der Waals surface area contributed by atoms with Gasteiger partial charge in [-0.3, -0.25) is 4.79 Å². The van der Waals surface area contributed by atoms with E-state index in [-0.39, 0.29) is 11.3 Å². The molecule has 1 aliphatic heterocycles. The molecule has 1 saturated heterocycles. The van der Waals surface area contributed by atoms with Crippen molar-refractivity contribution in [3.05, 3.63) is 22.4 Å². The number of rotatable bonds is 4. The molecule has 2 aliphatic rings. The van der Waals surface area contributed by atoms with E-state index >= 15 is 0 Å². The molecule has 2 unspecified atom stereocenters. The van der Waals surface area contributed by atoms with Crippen LogP contribution in [0.1, 0.15) is 17.7 Å². The minimum Gasteiger partial charge on any atom is -0.480 e. The summed E-state index contributed by atoms with van der Waals surface area (Å²) in [7, 11) is 0. The SMILES string of the molecule is O=C(O)C1CSC(C2CC2)N1C(=O)Cc1cccs1. The Kier molecular flexibility index (Phi) is 3.54. The Balaban J connectivity index is 1.76. The van der Waals surface area contributed by atoms with Gasteiger partial charge >= 0.3 is 5.97 Å². The molecule has 4 nitrogen and oxygen atoms in total. The zero-order valence-corrected chi connectivity index (χ0v) is 12.0. The van der Waals surface area contributed by atoms with Crippen LogP contribution in [-0.4, -0.2) is 39.1 Å². The number of aliphatic carboxylic acids is 1. The number of hydrogen-bond donors (Lipinski definition) is 1. The van der Waals surface area contributed by atoms with Gasteiger partial charge in [0.2, 0.25) is 5.91 Å². The second kappa shape index (κ2) is 5.17. The van der Waals surface area contributed by atoms with Gasteiger partial charge in [0.15, 0.2) is 0 Å². The highest BCUT2D eigenvalue weighted by molar-refractivity contribution is 8.00. The van der Waals surface area contributed by atoms with E-state index in [1.165, 1.54) is 0 Å². The smallest absolute Gasteiger partial charge is 0.327 e. The molecule has 1 saturated carbocycles. The largest absolute Gasteiger partial charge is 0.480 e. The fraction of sp³-hybridized carbons (Fsp3) is 0.538. The molecular weight excluding hydrogens is 282 g/mol. The van der Waals surface area contributed by atoms with Crippen molar-refractivity contribution >= 4 is 35.0 Å². The first-order chi connectivity index (χ1) is 9.16. The Morgan fingerprint density at radius 1 is 1.42 bits per heavy atom. The maximum absolute atomic E-state index is 12.4. The predicted octanol–water partition coefficient (Wildman–Crippen LogP) is 2.06. The number of nitrogens with zero attached hydrogens (tertiary/aromatic N) is 1. The van der Waals surface area contributed by atoms with Crippen LogP contribution in [0.15, 0.2) is 17.5 Å². The third-order valence-electron chi connectivity index (χ3n) is 3.54. The summed E-state index contributed by atoms with van der Waals surface area (Å²) in [5.41, 5.74) is 0. The normalized spacial score (nSPS) is 26.6. The molecule has 102 valence electrons. The minimum absolute atomic E-state index is 0.0447. The predicted molar refractivity (Wildman–Crippen MR) is 75.3 cm³/mol. The molecule has 1 aromatic heterocycles. The van der Waals surface area contributed by atoms with Gasteiger partial charge < -0.3 is 10.0 Å². The molecule has 19 heavy (non-hydrogen) atoms. The van der Waals surface area contributed by atoms with Crippen LogP contribution in [0.4, 0.5) is 0 Å². The van der Waals surface area contributed by atoms with Gasteiger partial charge in [-0.15, -0.1) is 23.1 Å². The Labute approximate surface area is 119 Å². The zero-order valence-electron chi connectivity index (χ0n) is 10.3. The van der Waals surface area contributed by atoms with Crippen LogP contribution in [-0.2, 0) is 16.0 Å². The van der Waals surface area contributed by atoms with Crippen molar-refractivity contribution in [2.24, 2.45) is 5.92 Å². The number of thioether (sulfide) groups is 1. The van der Waals surface area contributed by atoms with E-state index in [4.69, 9.17) is 0 Å². The van der Waals surface area contributed by atoms with E-state index in [1.54, 1.807) is 28.0 Å². The first kappa shape index (κ1) is 13.0. The van der Waals surface area contributed by atoms with Crippen LogP contribution >= 0.6 is 23.1 Å². The number of hydrogen-bond acceptors (Lipinski definition) is 4. The number of thiophene rings is 1. The lowest BCUT2D eigenvalue weighted by Gasteiger charge is -2.27. The van der Waals surface area contributed by atoms with E-state index in [0.29, 0.717) is 18.1 Å². The van der Waals surface area contributed by atoms with Gasteiger partial charge in [0, 0.05) is 10.6 Å². The minimum atomic E-state index is -0.879. The molecule has 0 bridgehead atoms. The first-order valence-electron chi connectivity index (χ1n) is 6.35. The van der Waals surface area contributed by atoms with Gasteiger partial charge in [0.25, 0.3) is 0 Å². The maximum Gasteiger partial charge on any atom is 0.327 e. The Hall–Kier alpha value is -1.01. The highest BCUT2D eigenvalue weighted by Gasteiger charge is 2.47. The quantitative estimate of drug-likeness (QED) is 0.924. The molecule has 3 rings (SSSR count). The lowest BCUT2D eigenvalue weighted by atomic mass is 10.2. The van der Waals surface area contributed by atoms with Crippen molar-refractivity contribution in [3.63, 3.8) is 0 Å². The van der Waals surface area contributed by atoms with Crippen molar-refractivity contribution in [3.8, 4) is 0 Å². The van der Waals surface area contributed by atoms with E-state index in [0.717, 1.165) is 17.7 Å². The summed E-state index contributed by atoms with van der Waals surface area (Å²) < 4.78 is 0. The number of carbonyl (C=O) groups excluding carboxylic acids is 1. The van der Waals surface area contributed by atoms with Crippen molar-refractivity contribution < 1.29 is 14.7 Å². The van der Waals surface area contributed by atoms with Gasteiger partial charge in [-0.2, -0.15) is 0 Å². The molecule has 2 atom stereocenters. The van der Waals surface area contributed by atoms with E-state index < -0.39 is 12.0 Å². The number of carboxylic acid groups (broad SMARTS) is 1. The fourth-order valence-corrected chi connectivity index (χ4v) is 4.78. The van der Waals surface area contributed by atoms with Crippen molar-refractivity contribution in [1.82, 2.24) is 4.90 Å². The number of carbonyl (C=O) groups is 2. The molecule has 2 fully saturated rings. The standard InChI is InChI=1S/C13H15NO3S2/c15-11(6-9-2-1-5-18-9)14-10(13(16)17)7-19-12(14)8-3-4-8/h1-2,5,8,10,12H,3-4,6-7H2,(H,16,17). The summed E-state index contributed by atoms with van der Waals surface area (Å²) in [6.07, 6.45) is 2.56. The average Bonchev–Trinajstić information content (AvgIpc) is 2.91. The van der Waals surface area contributed by atoms with Gasteiger partial charge in [-0.1, -0.05) is 6.07 Å². The van der Waals surface area contributed by atoms with E-state index in [9.17, 15) is 14.7 Å². The van der Waals surface area contributed by atoms with Crippen molar-refractivity contribution in [2.45, 2.75) is 30.7 Å². The second-order valence-electron chi connectivity index (χ2n) is 4.97. The lowest BCUT2D eigenvalue weighted by Crippen LogP contribution is -2.46. The molecule has 1 amide bonds. The monoisotopic (exact) mass is 297 g/mol. The van der Waals surface area contributed by atoms with Crippen LogP contribution in [0.3, 0.4) is 0 Å². The number of carboxylic acids is 1. The molecular formula is C13H15NO3S2. The fourth-order valence-electron chi connectivity index (χ4n) is 2.43. The summed E-state index contributed by atoms with van der Waals surface area (Å²) in [4.78, 5) is 26.4. The van der Waals surface area contributed by atoms with Crippen LogP contribution in [0.5, 0.6) is 0 Å². The van der Waals surface area contributed by atoms with Gasteiger partial charge in [-0.05, 0) is 30.2 Å². The topological polar surface area (TPSA) is 57.6 Å². The third-order valence-corrected chi connectivity index (χ3v) is 5.88. The molecule has 1 aromatic rings. The summed E-state index contributed by atoms with van der Waals surface area (Å²) in [5.74, 6) is 0.0979. The highest BCUT2D eigenvalue weighted by Crippen LogP contribution is 2.45. The first-order valence-corrected chi connectivity index (χ1v) is 8.27. The van der Waals surface area contributed by atoms with Gasteiger partial charge in [0.05, 0.1) is 11.8 Å². The Morgan fingerprint density at radius 3 is 2.79 bits per heavy atom. The number of amides is 1. The molecule has 1 aliphatic carbocycles. The summed E-state index contributed by atoms with van der Waals surface area (Å²) >= 11 is 3.17. The van der Waals surface area contributed by atoms with E-state index in [2.05, 4.69) is 0 Å². The van der Waals surface area contributed by atoms with Crippen molar-refractivity contribution in [2.75, 3.05) is 5.75 Å². The summed E-state index contributed by atoms with van der Waals surface area (Å²) in [6.45, 7) is 0. The molecule has 0 radical (unpaired) electrons. The highest BCUT2D eigenvalue weighted by atomic mass is 32.2. The van der Waals surface area contributed by atoms with Crippen LogP contribution in [0.25, 0.3) is 0 Å². The molecule has 1 N–H and O–H groups in total. The van der Waals surface area contributed by atoms with Crippen molar-refractivity contribution in [1.29, 1.82) is 0 Å². The molecule has 6 heteroatoms. The van der Waals surface area contributed by atoms with Gasteiger partial charge in [-0.25, -0.2) is 4.79 Å². The van der Waals surface area contributed by atoms with Gasteiger partial charge in [0.1, 0.15) is 6.04 Å². The summed E-state index contributed by atoms with van der Waals surface area (Å²) in [5, 5.41) is 11.3. The molecule has 0 spiro atoms. The molecule has 2 heterocycles. The Morgan fingerprint density at radius 2 is 2.21 bits per heavy atom. The molecule has 0 aromatic carbocycles. The van der Waals surface area contributed by atoms with Crippen LogP contribution in [0.2, 0.25) is 0 Å². The van der Waals surface area contributed by atoms with Crippen LogP contribution in [0, 0.1) is 5.92 Å². The average molecular weight is 297 g/mol. The van der Waals surface area contributed by atoms with E-state index in [1.807, 2.05) is 17.5 Å². The van der Waals surface area contributed by atoms with Crippen LogP contribution < -0.4 is 0 Å². The maximum atomic E-state index is 12.4. The zero-order chi connectivity index (χ0) is 13.4. The second-order valence-corrected chi connectivity index (χ2v) is 7.15. The lowest BCUT2D eigenvalue weighted by molar-refractivity contribution is -0.149. The Bertz CT molecular complexity index is 484. The summed E-state index contributed by atoms with van der Waals surface area (Å²) in [6, 6.07) is 3.19.